The molecule has 3 N–H and O–H groups in total. The standard InChI is InChI=1S/C26H26N4O3S/c1-4-32-22-13-12-18(15-23(22)33-5-2)25(31)30-26(34)29-21-14-17(11-10-16(21)3)24-27-19-8-6-7-9-20(19)28-24/h6-15H,4-5H2,1-3H3,(H,27,28)(H2,29,30,31,34). The second kappa shape index (κ2) is 10.4. The number of aromatic nitrogens is 2. The van der Waals surface area contributed by atoms with Crippen LogP contribution >= 0.6 is 12.2 Å². The minimum absolute atomic E-state index is 0.196. The molecule has 34 heavy (non-hydrogen) atoms. The van der Waals surface area contributed by atoms with Gasteiger partial charge in [0.15, 0.2) is 16.6 Å². The number of H-pyrrole nitrogens is 1. The highest BCUT2D eigenvalue weighted by Crippen LogP contribution is 2.29. The Labute approximate surface area is 203 Å². The Hall–Kier alpha value is -3.91. The lowest BCUT2D eigenvalue weighted by Crippen LogP contribution is -2.34. The summed E-state index contributed by atoms with van der Waals surface area (Å²) in [7, 11) is 0. The molecule has 0 saturated heterocycles. The summed E-state index contributed by atoms with van der Waals surface area (Å²) in [6, 6.07) is 18.9. The molecule has 8 heteroatoms. The van der Waals surface area contributed by atoms with Crippen molar-refractivity contribution >= 4 is 40.0 Å². The van der Waals surface area contributed by atoms with Crippen LogP contribution in [0.1, 0.15) is 29.8 Å². The first-order valence-corrected chi connectivity index (χ1v) is 11.5. The molecule has 4 rings (SSSR count). The Bertz CT molecular complexity index is 1320. The molecule has 7 nitrogen and oxygen atoms in total. The van der Waals surface area contributed by atoms with E-state index in [1.54, 1.807) is 18.2 Å². The number of nitrogens with zero attached hydrogens (tertiary/aromatic N) is 1. The maximum Gasteiger partial charge on any atom is 0.257 e. The largest absolute Gasteiger partial charge is 0.490 e. The van der Waals surface area contributed by atoms with Crippen molar-refractivity contribution in [2.24, 2.45) is 0 Å². The minimum atomic E-state index is -0.340. The van der Waals surface area contributed by atoms with Gasteiger partial charge in [-0.2, -0.15) is 0 Å². The lowest BCUT2D eigenvalue weighted by Gasteiger charge is -2.14. The molecule has 0 aliphatic heterocycles. The van der Waals surface area contributed by atoms with Crippen molar-refractivity contribution in [1.29, 1.82) is 0 Å². The molecule has 1 heterocycles. The molecule has 0 unspecified atom stereocenters. The number of para-hydroxylation sites is 2. The molecule has 0 spiro atoms. The summed E-state index contributed by atoms with van der Waals surface area (Å²) in [5.74, 6) is 1.54. The molecule has 174 valence electrons. The number of carbonyl (C=O) groups is 1. The first kappa shape index (κ1) is 23.3. The second-order valence-electron chi connectivity index (χ2n) is 7.57. The van der Waals surface area contributed by atoms with E-state index in [9.17, 15) is 4.79 Å². The Morgan fingerprint density at radius 3 is 2.53 bits per heavy atom. The van der Waals surface area contributed by atoms with Crippen molar-refractivity contribution in [3.8, 4) is 22.9 Å². The molecule has 4 aromatic rings. The van der Waals surface area contributed by atoms with Gasteiger partial charge in [-0.05, 0) is 75.0 Å². The molecule has 0 atom stereocenters. The molecule has 1 aromatic heterocycles. The average molecular weight is 475 g/mol. The summed E-state index contributed by atoms with van der Waals surface area (Å²) in [6.45, 7) is 6.71. The first-order valence-electron chi connectivity index (χ1n) is 11.1. The number of imidazole rings is 1. The third-order valence-electron chi connectivity index (χ3n) is 5.18. The number of amides is 1. The normalized spacial score (nSPS) is 10.7. The Morgan fingerprint density at radius 2 is 1.76 bits per heavy atom. The fourth-order valence-corrected chi connectivity index (χ4v) is 3.72. The van der Waals surface area contributed by atoms with E-state index >= 15 is 0 Å². The van der Waals surface area contributed by atoms with Crippen LogP contribution in [0, 0.1) is 6.92 Å². The Morgan fingerprint density at radius 1 is 1.00 bits per heavy atom. The Kier molecular flexibility index (Phi) is 7.08. The Balaban J connectivity index is 1.49. The molecule has 1 amide bonds. The van der Waals surface area contributed by atoms with Gasteiger partial charge in [-0.25, -0.2) is 4.98 Å². The minimum Gasteiger partial charge on any atom is -0.490 e. The van der Waals surface area contributed by atoms with Crippen molar-refractivity contribution < 1.29 is 14.3 Å². The molecular formula is C26H26N4O3S. The van der Waals surface area contributed by atoms with Crippen LogP contribution in [0.25, 0.3) is 22.4 Å². The van der Waals surface area contributed by atoms with E-state index in [1.165, 1.54) is 0 Å². The van der Waals surface area contributed by atoms with Gasteiger partial charge >= 0.3 is 0 Å². The topological polar surface area (TPSA) is 88.3 Å². The van der Waals surface area contributed by atoms with Gasteiger partial charge in [0, 0.05) is 16.8 Å². The van der Waals surface area contributed by atoms with Crippen LogP contribution in [-0.2, 0) is 0 Å². The summed E-state index contributed by atoms with van der Waals surface area (Å²) in [4.78, 5) is 20.8. The fourth-order valence-electron chi connectivity index (χ4n) is 3.51. The predicted octanol–water partition coefficient (Wildman–Crippen LogP) is 5.46. The number of rotatable bonds is 7. The van der Waals surface area contributed by atoms with Gasteiger partial charge in [-0.1, -0.05) is 24.3 Å². The number of benzene rings is 3. The third kappa shape index (κ3) is 5.18. The highest BCUT2D eigenvalue weighted by Gasteiger charge is 2.14. The highest BCUT2D eigenvalue weighted by atomic mass is 32.1. The number of ether oxygens (including phenoxy) is 2. The smallest absolute Gasteiger partial charge is 0.257 e. The van der Waals surface area contributed by atoms with E-state index < -0.39 is 0 Å². The van der Waals surface area contributed by atoms with Gasteiger partial charge in [0.2, 0.25) is 0 Å². The molecule has 0 fully saturated rings. The summed E-state index contributed by atoms with van der Waals surface area (Å²) < 4.78 is 11.2. The average Bonchev–Trinajstić information content (AvgIpc) is 3.26. The van der Waals surface area contributed by atoms with Crippen molar-refractivity contribution in [2.75, 3.05) is 18.5 Å². The summed E-state index contributed by atoms with van der Waals surface area (Å²) >= 11 is 5.41. The molecule has 0 saturated carbocycles. The molecular weight excluding hydrogens is 448 g/mol. The van der Waals surface area contributed by atoms with Gasteiger partial charge in [-0.3, -0.25) is 10.1 Å². The molecule has 0 radical (unpaired) electrons. The number of anilines is 1. The predicted molar refractivity (Wildman–Crippen MR) is 139 cm³/mol. The maximum absolute atomic E-state index is 12.8. The number of nitrogens with one attached hydrogen (secondary N) is 3. The molecule has 3 aromatic carbocycles. The zero-order valence-electron chi connectivity index (χ0n) is 19.3. The fraction of sp³-hybridized carbons (Fsp3) is 0.192. The summed E-state index contributed by atoms with van der Waals surface area (Å²) in [5, 5.41) is 6.06. The number of aryl methyl sites for hydroxylation is 1. The molecule has 0 aliphatic carbocycles. The van der Waals surface area contributed by atoms with Crippen molar-refractivity contribution in [3.63, 3.8) is 0 Å². The van der Waals surface area contributed by atoms with E-state index in [0.717, 1.165) is 33.7 Å². The number of fused-ring (bicyclic) bond motifs is 1. The van der Waals surface area contributed by atoms with Crippen LogP contribution in [0.15, 0.2) is 60.7 Å². The number of thiocarbonyl (C=S) groups is 1. The van der Waals surface area contributed by atoms with Crippen LogP contribution in [0.4, 0.5) is 5.69 Å². The van der Waals surface area contributed by atoms with Crippen LogP contribution in [-0.4, -0.2) is 34.2 Å². The van der Waals surface area contributed by atoms with Gasteiger partial charge < -0.3 is 19.8 Å². The van der Waals surface area contributed by atoms with Crippen LogP contribution < -0.4 is 20.1 Å². The third-order valence-corrected chi connectivity index (χ3v) is 5.39. The van der Waals surface area contributed by atoms with E-state index in [2.05, 4.69) is 20.6 Å². The van der Waals surface area contributed by atoms with Crippen LogP contribution in [0.2, 0.25) is 0 Å². The SMILES string of the molecule is CCOc1ccc(C(=O)NC(=S)Nc2cc(-c3nc4ccccc4[nH]3)ccc2C)cc1OCC. The summed E-state index contributed by atoms with van der Waals surface area (Å²) in [6.07, 6.45) is 0. The second-order valence-corrected chi connectivity index (χ2v) is 7.98. The van der Waals surface area contributed by atoms with E-state index in [1.807, 2.05) is 63.2 Å². The van der Waals surface area contributed by atoms with Gasteiger partial charge in [0.05, 0.1) is 24.2 Å². The van der Waals surface area contributed by atoms with Crippen LogP contribution in [0.3, 0.4) is 0 Å². The number of hydrogen-bond acceptors (Lipinski definition) is 5. The lowest BCUT2D eigenvalue weighted by molar-refractivity contribution is 0.0977. The van der Waals surface area contributed by atoms with Gasteiger partial charge in [0.1, 0.15) is 5.82 Å². The highest BCUT2D eigenvalue weighted by molar-refractivity contribution is 7.80. The van der Waals surface area contributed by atoms with Crippen molar-refractivity contribution in [2.45, 2.75) is 20.8 Å². The number of hydrogen-bond donors (Lipinski definition) is 3. The molecule has 0 bridgehead atoms. The van der Waals surface area contributed by atoms with Crippen molar-refractivity contribution in [3.05, 3.63) is 71.8 Å². The first-order chi connectivity index (χ1) is 16.5. The number of aromatic amines is 1. The van der Waals surface area contributed by atoms with E-state index in [0.29, 0.717) is 30.3 Å². The maximum atomic E-state index is 12.8. The van der Waals surface area contributed by atoms with Crippen molar-refractivity contribution in [1.82, 2.24) is 15.3 Å². The van der Waals surface area contributed by atoms with E-state index in [4.69, 9.17) is 21.7 Å². The zero-order valence-corrected chi connectivity index (χ0v) is 20.1. The zero-order chi connectivity index (χ0) is 24.1. The van der Waals surface area contributed by atoms with E-state index in [-0.39, 0.29) is 11.0 Å². The quantitative estimate of drug-likeness (QED) is 0.308. The summed E-state index contributed by atoms with van der Waals surface area (Å²) in [5.41, 5.74) is 4.96. The monoisotopic (exact) mass is 474 g/mol. The van der Waals surface area contributed by atoms with Gasteiger partial charge in [0.25, 0.3) is 5.91 Å². The molecule has 0 aliphatic rings. The lowest BCUT2D eigenvalue weighted by atomic mass is 10.1. The van der Waals surface area contributed by atoms with Gasteiger partial charge in [-0.15, -0.1) is 0 Å². The van der Waals surface area contributed by atoms with Crippen LogP contribution in [0.5, 0.6) is 11.5 Å². The number of carbonyl (C=O) groups excluding carboxylic acids is 1.